The van der Waals surface area contributed by atoms with Gasteiger partial charge in [-0.05, 0) is 54.6 Å². The van der Waals surface area contributed by atoms with E-state index in [1.165, 1.54) is 37.5 Å². The van der Waals surface area contributed by atoms with E-state index in [9.17, 15) is 22.8 Å². The average Bonchev–Trinajstić information content (AvgIpc) is 2.97. The quantitative estimate of drug-likeness (QED) is 0.457. The molecule has 1 aliphatic rings. The number of nitrogens with two attached hydrogens (primary N) is 1. The second kappa shape index (κ2) is 9.23. The van der Waals surface area contributed by atoms with Crippen LogP contribution < -0.4 is 14.7 Å². The minimum absolute atomic E-state index is 0.00389. The zero-order chi connectivity index (χ0) is 23.6. The first-order chi connectivity index (χ1) is 15.0. The number of aryl methyl sites for hydroxylation is 1. The highest BCUT2D eigenvalue weighted by Gasteiger charge is 2.36. The zero-order valence-corrected chi connectivity index (χ0v) is 19.2. The van der Waals surface area contributed by atoms with Gasteiger partial charge in [0.15, 0.2) is 5.75 Å². The molecule has 0 aliphatic carbocycles. The molecule has 1 heterocycles. The van der Waals surface area contributed by atoms with Crippen molar-refractivity contribution in [2.75, 3.05) is 13.7 Å². The Hall–Kier alpha value is -3.02. The molecule has 9 nitrogen and oxygen atoms in total. The molecule has 2 aromatic rings. The van der Waals surface area contributed by atoms with Crippen molar-refractivity contribution in [3.63, 3.8) is 0 Å². The summed E-state index contributed by atoms with van der Waals surface area (Å²) in [5.41, 5.74) is 6.28. The van der Waals surface area contributed by atoms with Gasteiger partial charge in [0.05, 0.1) is 17.0 Å². The Labute approximate surface area is 193 Å². The normalized spacial score (nSPS) is 15.3. The number of nitrogens with zero attached hydrogens (tertiary/aromatic N) is 1. The lowest BCUT2D eigenvalue weighted by Crippen LogP contribution is -2.36. The number of thioether (sulfide) groups is 1. The summed E-state index contributed by atoms with van der Waals surface area (Å²) in [4.78, 5) is 36.1. The van der Waals surface area contributed by atoms with Gasteiger partial charge in [-0.3, -0.25) is 19.3 Å². The van der Waals surface area contributed by atoms with Crippen molar-refractivity contribution in [2.24, 2.45) is 5.73 Å². The number of rotatable bonds is 7. The number of imide groups is 1. The molecule has 1 aliphatic heterocycles. The maximum atomic E-state index is 12.6. The van der Waals surface area contributed by atoms with Crippen LogP contribution in [-0.2, 0) is 19.7 Å². The van der Waals surface area contributed by atoms with E-state index in [-0.39, 0.29) is 26.3 Å². The molecule has 0 spiro atoms. The molecular weight excluding hydrogens is 480 g/mol. The fourth-order valence-electron chi connectivity index (χ4n) is 2.71. The van der Waals surface area contributed by atoms with Crippen molar-refractivity contribution >= 4 is 56.6 Å². The summed E-state index contributed by atoms with van der Waals surface area (Å²) < 4.78 is 35.7. The van der Waals surface area contributed by atoms with Crippen LogP contribution in [0.1, 0.15) is 11.1 Å². The lowest BCUT2D eigenvalue weighted by atomic mass is 10.2. The Morgan fingerprint density at radius 2 is 1.88 bits per heavy atom. The molecule has 0 aromatic heterocycles. The summed E-state index contributed by atoms with van der Waals surface area (Å²) in [5.74, 6) is -1.74. The minimum Gasteiger partial charge on any atom is -0.493 e. The third-order valence-corrected chi connectivity index (χ3v) is 6.66. The van der Waals surface area contributed by atoms with Gasteiger partial charge in [0, 0.05) is 0 Å². The van der Waals surface area contributed by atoms with Gasteiger partial charge >= 0.3 is 10.1 Å². The Balaban J connectivity index is 1.93. The van der Waals surface area contributed by atoms with E-state index in [1.54, 1.807) is 12.1 Å². The Morgan fingerprint density at radius 1 is 1.22 bits per heavy atom. The number of methoxy groups -OCH3 is 1. The van der Waals surface area contributed by atoms with E-state index in [2.05, 4.69) is 0 Å². The van der Waals surface area contributed by atoms with E-state index < -0.39 is 33.7 Å². The van der Waals surface area contributed by atoms with Crippen LogP contribution in [0, 0.1) is 6.92 Å². The molecule has 168 valence electrons. The van der Waals surface area contributed by atoms with Crippen LogP contribution in [0.25, 0.3) is 6.08 Å². The Morgan fingerprint density at radius 3 is 2.47 bits per heavy atom. The first kappa shape index (κ1) is 23.6. The number of carbonyl (C=O) groups excluding carboxylic acids is 3. The van der Waals surface area contributed by atoms with Crippen molar-refractivity contribution in [1.29, 1.82) is 0 Å². The molecule has 0 radical (unpaired) electrons. The predicted octanol–water partition coefficient (Wildman–Crippen LogP) is 2.95. The molecule has 0 bridgehead atoms. The van der Waals surface area contributed by atoms with Crippen LogP contribution in [0.4, 0.5) is 4.79 Å². The molecule has 32 heavy (non-hydrogen) atoms. The summed E-state index contributed by atoms with van der Waals surface area (Å²) in [6, 6.07) is 8.82. The van der Waals surface area contributed by atoms with Gasteiger partial charge in [0.2, 0.25) is 11.7 Å². The van der Waals surface area contributed by atoms with Gasteiger partial charge in [-0.1, -0.05) is 29.3 Å². The van der Waals surface area contributed by atoms with Crippen molar-refractivity contribution in [2.45, 2.75) is 11.8 Å². The third kappa shape index (κ3) is 5.06. The van der Waals surface area contributed by atoms with Gasteiger partial charge in [0.1, 0.15) is 11.4 Å². The van der Waals surface area contributed by atoms with Gasteiger partial charge < -0.3 is 14.7 Å². The molecule has 1 saturated heterocycles. The topological polar surface area (TPSA) is 133 Å². The molecule has 0 saturated carbocycles. The summed E-state index contributed by atoms with van der Waals surface area (Å²) in [6.07, 6.45) is 1.36. The van der Waals surface area contributed by atoms with E-state index in [1.807, 2.05) is 6.92 Å². The van der Waals surface area contributed by atoms with Gasteiger partial charge in [0.25, 0.3) is 11.1 Å². The van der Waals surface area contributed by atoms with Gasteiger partial charge in [-0.25, -0.2) is 0 Å². The molecule has 1 fully saturated rings. The van der Waals surface area contributed by atoms with Crippen molar-refractivity contribution in [1.82, 2.24) is 4.90 Å². The highest BCUT2D eigenvalue weighted by Crippen LogP contribution is 2.40. The SMILES string of the molecule is COc1cc(/C=C2\SC(=O)N(CC(N)=O)C2=O)cc(Cl)c1OS(=O)(=O)c1ccc(C)cc1. The second-order valence-corrected chi connectivity index (χ2v) is 9.57. The van der Waals surface area contributed by atoms with Crippen LogP contribution in [0.15, 0.2) is 46.2 Å². The van der Waals surface area contributed by atoms with Crippen LogP contribution in [0.3, 0.4) is 0 Å². The highest BCUT2D eigenvalue weighted by molar-refractivity contribution is 8.18. The number of carbonyl (C=O) groups is 3. The van der Waals surface area contributed by atoms with E-state index in [4.69, 9.17) is 26.3 Å². The predicted molar refractivity (Wildman–Crippen MR) is 119 cm³/mol. The largest absolute Gasteiger partial charge is 0.493 e. The van der Waals surface area contributed by atoms with Crippen LogP contribution in [-0.4, -0.2) is 44.0 Å². The lowest BCUT2D eigenvalue weighted by molar-refractivity contribution is -0.127. The summed E-state index contributed by atoms with van der Waals surface area (Å²) >= 11 is 6.88. The molecule has 12 heteroatoms. The maximum Gasteiger partial charge on any atom is 0.339 e. The lowest BCUT2D eigenvalue weighted by Gasteiger charge is -2.13. The monoisotopic (exact) mass is 496 g/mol. The average molecular weight is 497 g/mol. The van der Waals surface area contributed by atoms with Crippen molar-refractivity contribution in [3.8, 4) is 11.5 Å². The fraction of sp³-hybridized carbons (Fsp3) is 0.150. The maximum absolute atomic E-state index is 12.6. The van der Waals surface area contributed by atoms with E-state index in [0.717, 1.165) is 10.5 Å². The Kier molecular flexibility index (Phi) is 6.82. The zero-order valence-electron chi connectivity index (χ0n) is 16.8. The van der Waals surface area contributed by atoms with E-state index >= 15 is 0 Å². The van der Waals surface area contributed by atoms with Crippen LogP contribution in [0.2, 0.25) is 5.02 Å². The van der Waals surface area contributed by atoms with Gasteiger partial charge in [-0.15, -0.1) is 0 Å². The van der Waals surface area contributed by atoms with Crippen molar-refractivity contribution in [3.05, 3.63) is 57.5 Å². The summed E-state index contributed by atoms with van der Waals surface area (Å²) in [6.45, 7) is 1.29. The Bertz CT molecular complexity index is 1240. The number of hydrogen-bond acceptors (Lipinski definition) is 8. The van der Waals surface area contributed by atoms with Crippen molar-refractivity contribution < 1.29 is 31.7 Å². The first-order valence-electron chi connectivity index (χ1n) is 8.94. The van der Waals surface area contributed by atoms with E-state index in [0.29, 0.717) is 17.3 Å². The third-order valence-electron chi connectivity index (χ3n) is 4.24. The highest BCUT2D eigenvalue weighted by atomic mass is 35.5. The number of hydrogen-bond donors (Lipinski definition) is 1. The molecule has 3 rings (SSSR count). The molecule has 0 atom stereocenters. The fourth-order valence-corrected chi connectivity index (χ4v) is 4.81. The van der Waals surface area contributed by atoms with Crippen LogP contribution in [0.5, 0.6) is 11.5 Å². The smallest absolute Gasteiger partial charge is 0.339 e. The summed E-state index contributed by atoms with van der Waals surface area (Å²) in [7, 11) is -2.90. The number of primary amides is 1. The first-order valence-corrected chi connectivity index (χ1v) is 11.5. The number of ether oxygens (including phenoxy) is 1. The van der Waals surface area contributed by atoms with Gasteiger partial charge in [-0.2, -0.15) is 8.42 Å². The van der Waals surface area contributed by atoms with Crippen LogP contribution >= 0.6 is 23.4 Å². The minimum atomic E-state index is -4.19. The molecule has 2 N–H and O–H groups in total. The second-order valence-electron chi connectivity index (χ2n) is 6.62. The number of benzene rings is 2. The standard InChI is InChI=1S/C20H17ClN2O7S2/c1-11-3-5-13(6-4-11)32(27,28)30-18-14(21)7-12(8-15(18)29-2)9-16-19(25)23(10-17(22)24)20(26)31-16/h3-9H,10H2,1-2H3,(H2,22,24)/b16-9-. The molecule has 0 unspecified atom stereocenters. The molecule has 2 aromatic carbocycles. The number of halogens is 1. The number of amides is 3. The molecule has 3 amide bonds. The summed E-state index contributed by atoms with van der Waals surface area (Å²) in [5, 5.41) is -0.732. The molecular formula is C20H17ClN2O7S2.